The summed E-state index contributed by atoms with van der Waals surface area (Å²) < 4.78 is 42.2. The van der Waals surface area contributed by atoms with Gasteiger partial charge in [0.05, 0.1) is 16.9 Å². The molecule has 29 heavy (non-hydrogen) atoms. The third-order valence-electron chi connectivity index (χ3n) is 4.30. The van der Waals surface area contributed by atoms with E-state index in [1.165, 1.54) is 19.9 Å². The van der Waals surface area contributed by atoms with Gasteiger partial charge in [0.2, 0.25) is 5.82 Å². The second-order valence-corrected chi connectivity index (χ2v) is 6.04. The minimum atomic E-state index is -4.62. The molecule has 0 aliphatic carbocycles. The maximum atomic E-state index is 13.1. The first-order valence-corrected chi connectivity index (χ1v) is 8.32. The highest BCUT2D eigenvalue weighted by molar-refractivity contribution is 5.89. The molecule has 0 aliphatic heterocycles. The number of carbonyl (C=O) groups is 1. The molecule has 0 saturated heterocycles. The lowest BCUT2D eigenvalue weighted by Crippen LogP contribution is -2.42. The number of carbonyl (C=O) groups excluding carboxylic acids is 1. The van der Waals surface area contributed by atoms with Crippen LogP contribution in [0.2, 0.25) is 0 Å². The van der Waals surface area contributed by atoms with Crippen molar-refractivity contribution in [3.63, 3.8) is 0 Å². The molecule has 1 aromatic carbocycles. The Bertz CT molecular complexity index is 1220. The van der Waals surface area contributed by atoms with E-state index in [1.54, 1.807) is 0 Å². The molecule has 1 amide bonds. The van der Waals surface area contributed by atoms with E-state index in [4.69, 9.17) is 5.73 Å². The SMILES string of the molecule is CCn1c(=O)c(-n2cnnc2C(N)=O)c(C)n(-c2cccc(C(F)(F)F)c2)c1=O. The average Bonchev–Trinajstić information content (AvgIpc) is 3.11. The van der Waals surface area contributed by atoms with Crippen molar-refractivity contribution in [1.82, 2.24) is 23.9 Å². The van der Waals surface area contributed by atoms with Crippen LogP contribution in [0.4, 0.5) is 13.2 Å². The third kappa shape index (κ3) is 3.32. The second-order valence-electron chi connectivity index (χ2n) is 6.04. The molecule has 0 spiro atoms. The molecule has 0 aliphatic rings. The molecule has 3 rings (SSSR count). The number of nitrogens with two attached hydrogens (primary N) is 1. The number of rotatable bonds is 4. The summed E-state index contributed by atoms with van der Waals surface area (Å²) in [5.74, 6) is -1.33. The Labute approximate surface area is 160 Å². The van der Waals surface area contributed by atoms with E-state index >= 15 is 0 Å². The van der Waals surface area contributed by atoms with Gasteiger partial charge < -0.3 is 5.73 Å². The molecule has 0 bridgehead atoms. The smallest absolute Gasteiger partial charge is 0.363 e. The van der Waals surface area contributed by atoms with Crippen LogP contribution in [-0.2, 0) is 12.7 Å². The van der Waals surface area contributed by atoms with Gasteiger partial charge in [-0.05, 0) is 32.0 Å². The van der Waals surface area contributed by atoms with Gasteiger partial charge in [-0.1, -0.05) is 6.07 Å². The summed E-state index contributed by atoms with van der Waals surface area (Å²) in [6.07, 6.45) is -3.56. The molecule has 12 heteroatoms. The molecular weight excluding hydrogens is 393 g/mol. The van der Waals surface area contributed by atoms with Crippen LogP contribution >= 0.6 is 0 Å². The number of halogens is 3. The van der Waals surface area contributed by atoms with Gasteiger partial charge >= 0.3 is 11.9 Å². The van der Waals surface area contributed by atoms with Crippen LogP contribution in [0.25, 0.3) is 11.4 Å². The van der Waals surface area contributed by atoms with E-state index in [0.29, 0.717) is 0 Å². The maximum absolute atomic E-state index is 13.1. The average molecular weight is 408 g/mol. The second kappa shape index (κ2) is 7.04. The molecule has 2 aromatic heterocycles. The van der Waals surface area contributed by atoms with Crippen LogP contribution in [0.5, 0.6) is 0 Å². The van der Waals surface area contributed by atoms with E-state index in [-0.39, 0.29) is 29.4 Å². The van der Waals surface area contributed by atoms with Crippen LogP contribution in [0.3, 0.4) is 0 Å². The van der Waals surface area contributed by atoms with Gasteiger partial charge in [-0.15, -0.1) is 10.2 Å². The van der Waals surface area contributed by atoms with E-state index < -0.39 is 28.9 Å². The first-order valence-electron chi connectivity index (χ1n) is 8.32. The third-order valence-corrected chi connectivity index (χ3v) is 4.30. The zero-order chi connectivity index (χ0) is 21.5. The van der Waals surface area contributed by atoms with E-state index in [9.17, 15) is 27.6 Å². The van der Waals surface area contributed by atoms with Crippen molar-refractivity contribution < 1.29 is 18.0 Å². The van der Waals surface area contributed by atoms with E-state index in [0.717, 1.165) is 38.2 Å². The summed E-state index contributed by atoms with van der Waals surface area (Å²) in [6, 6.07) is 4.12. The quantitative estimate of drug-likeness (QED) is 0.692. The monoisotopic (exact) mass is 408 g/mol. The molecular formula is C17H15F3N6O3. The Kier molecular flexibility index (Phi) is 4.86. The van der Waals surface area contributed by atoms with Crippen molar-refractivity contribution >= 4 is 5.91 Å². The number of nitrogens with zero attached hydrogens (tertiary/aromatic N) is 5. The van der Waals surface area contributed by atoms with Gasteiger partial charge in [0.25, 0.3) is 11.5 Å². The number of primary amides is 1. The molecule has 3 aromatic rings. The maximum Gasteiger partial charge on any atom is 0.416 e. The van der Waals surface area contributed by atoms with E-state index in [2.05, 4.69) is 10.2 Å². The lowest BCUT2D eigenvalue weighted by Gasteiger charge is -2.18. The summed E-state index contributed by atoms with van der Waals surface area (Å²) in [5, 5.41) is 7.11. The number of aromatic nitrogens is 5. The predicted molar refractivity (Wildman–Crippen MR) is 95.1 cm³/mol. The predicted octanol–water partition coefficient (Wildman–Crippen LogP) is 1.03. The first-order chi connectivity index (χ1) is 13.6. The summed E-state index contributed by atoms with van der Waals surface area (Å²) in [6.45, 7) is 2.83. The fourth-order valence-electron chi connectivity index (χ4n) is 2.99. The lowest BCUT2D eigenvalue weighted by molar-refractivity contribution is -0.137. The Morgan fingerprint density at radius 2 is 1.93 bits per heavy atom. The number of hydrogen-bond donors (Lipinski definition) is 1. The number of benzene rings is 1. The van der Waals surface area contributed by atoms with Gasteiger partial charge in [-0.25, -0.2) is 4.79 Å². The van der Waals surface area contributed by atoms with Gasteiger partial charge in [-0.3, -0.25) is 23.3 Å². The van der Waals surface area contributed by atoms with Gasteiger partial charge in [-0.2, -0.15) is 13.2 Å². The topological polar surface area (TPSA) is 118 Å². The van der Waals surface area contributed by atoms with Crippen molar-refractivity contribution in [3.05, 3.63) is 68.5 Å². The molecule has 152 valence electrons. The highest BCUT2D eigenvalue weighted by Gasteiger charge is 2.31. The summed E-state index contributed by atoms with van der Waals surface area (Å²) in [7, 11) is 0. The normalized spacial score (nSPS) is 11.6. The first kappa shape index (κ1) is 20.0. The van der Waals surface area contributed by atoms with E-state index in [1.807, 2.05) is 0 Å². The highest BCUT2D eigenvalue weighted by Crippen LogP contribution is 2.30. The Hall–Kier alpha value is -3.70. The molecule has 2 N–H and O–H groups in total. The molecule has 9 nitrogen and oxygen atoms in total. The molecule has 0 unspecified atom stereocenters. The zero-order valence-corrected chi connectivity index (χ0v) is 15.3. The fourth-order valence-corrected chi connectivity index (χ4v) is 2.99. The lowest BCUT2D eigenvalue weighted by atomic mass is 10.2. The minimum absolute atomic E-state index is 0.00803. The Morgan fingerprint density at radius 1 is 1.24 bits per heavy atom. The van der Waals surface area contributed by atoms with Crippen LogP contribution in [0.1, 0.15) is 28.8 Å². The Morgan fingerprint density at radius 3 is 2.52 bits per heavy atom. The van der Waals surface area contributed by atoms with Gasteiger partial charge in [0, 0.05) is 6.54 Å². The standard InChI is InChI=1S/C17H15F3N6O3/c1-3-24-15(28)12(25-8-22-23-14(25)13(21)27)9(2)26(16(24)29)11-6-4-5-10(7-11)17(18,19)20/h4-8H,3H2,1-2H3,(H2,21,27). The number of hydrogen-bond acceptors (Lipinski definition) is 5. The molecule has 0 fully saturated rings. The minimum Gasteiger partial charge on any atom is -0.363 e. The highest BCUT2D eigenvalue weighted by atomic mass is 19.4. The fraction of sp³-hybridized carbons (Fsp3) is 0.235. The number of amides is 1. The van der Waals surface area contributed by atoms with Crippen LogP contribution in [0.15, 0.2) is 40.2 Å². The van der Waals surface area contributed by atoms with Crippen molar-refractivity contribution in [2.24, 2.45) is 5.73 Å². The molecule has 0 saturated carbocycles. The van der Waals surface area contributed by atoms with Crippen molar-refractivity contribution in [1.29, 1.82) is 0 Å². The van der Waals surface area contributed by atoms with Crippen LogP contribution in [-0.4, -0.2) is 29.8 Å². The van der Waals surface area contributed by atoms with Gasteiger partial charge in [0.1, 0.15) is 12.0 Å². The van der Waals surface area contributed by atoms with Crippen LogP contribution < -0.4 is 17.0 Å². The van der Waals surface area contributed by atoms with Crippen molar-refractivity contribution in [2.45, 2.75) is 26.6 Å². The molecule has 0 radical (unpaired) electrons. The Balaban J connectivity index is 2.42. The largest absolute Gasteiger partial charge is 0.416 e. The summed E-state index contributed by atoms with van der Waals surface area (Å²) in [4.78, 5) is 37.3. The summed E-state index contributed by atoms with van der Waals surface area (Å²) in [5.41, 5.74) is 2.42. The van der Waals surface area contributed by atoms with Crippen molar-refractivity contribution in [3.8, 4) is 11.4 Å². The zero-order valence-electron chi connectivity index (χ0n) is 15.3. The number of alkyl halides is 3. The summed E-state index contributed by atoms with van der Waals surface area (Å²) >= 11 is 0. The van der Waals surface area contributed by atoms with Crippen LogP contribution in [0, 0.1) is 6.92 Å². The van der Waals surface area contributed by atoms with Crippen molar-refractivity contribution in [2.75, 3.05) is 0 Å². The molecule has 0 atom stereocenters. The molecule has 2 heterocycles. The van der Waals surface area contributed by atoms with Gasteiger partial charge in [0.15, 0.2) is 0 Å².